The zero-order chi connectivity index (χ0) is 21.9. The summed E-state index contributed by atoms with van der Waals surface area (Å²) < 4.78 is 0. The number of benzene rings is 2. The van der Waals surface area contributed by atoms with Crippen LogP contribution in [0, 0.1) is 6.92 Å². The molecule has 1 unspecified atom stereocenters. The molecule has 0 fully saturated rings. The maximum atomic E-state index is 13.0. The van der Waals surface area contributed by atoms with Crippen LogP contribution in [0.4, 0.5) is 5.69 Å². The number of hydrogen-bond donors (Lipinski definition) is 1. The molecule has 3 rings (SSSR count). The van der Waals surface area contributed by atoms with Gasteiger partial charge in [-0.2, -0.15) is 0 Å². The third-order valence-corrected chi connectivity index (χ3v) is 6.59. The van der Waals surface area contributed by atoms with Crippen LogP contribution in [0.15, 0.2) is 47.4 Å². The highest BCUT2D eigenvalue weighted by molar-refractivity contribution is 8.00. The molecule has 2 aromatic carbocycles. The minimum atomic E-state index is -0.495. The lowest BCUT2D eigenvalue weighted by Gasteiger charge is -2.35. The number of fused-ring (bicyclic) bond motifs is 1. The van der Waals surface area contributed by atoms with E-state index in [1.54, 1.807) is 16.7 Å². The summed E-state index contributed by atoms with van der Waals surface area (Å²) in [6, 6.07) is 14.2. The first kappa shape index (κ1) is 22.4. The zero-order valence-electron chi connectivity index (χ0n) is 18.6. The van der Waals surface area contributed by atoms with E-state index in [9.17, 15) is 9.59 Å². The van der Waals surface area contributed by atoms with E-state index in [0.29, 0.717) is 18.7 Å². The van der Waals surface area contributed by atoms with Crippen molar-refractivity contribution in [3.8, 4) is 0 Å². The van der Waals surface area contributed by atoms with Gasteiger partial charge in [0, 0.05) is 11.4 Å². The number of aryl methyl sites for hydroxylation is 1. The summed E-state index contributed by atoms with van der Waals surface area (Å²) in [7, 11) is 0. The van der Waals surface area contributed by atoms with Crippen LogP contribution in [0.1, 0.15) is 50.8 Å². The highest BCUT2D eigenvalue weighted by atomic mass is 32.2. The first-order chi connectivity index (χ1) is 14.2. The summed E-state index contributed by atoms with van der Waals surface area (Å²) in [6.07, 6.45) is 1.35. The number of thioether (sulfide) groups is 1. The molecule has 2 aromatic rings. The molecule has 1 aliphatic rings. The van der Waals surface area contributed by atoms with E-state index in [2.05, 4.69) is 75.5 Å². The maximum absolute atomic E-state index is 13.0. The van der Waals surface area contributed by atoms with Gasteiger partial charge in [-0.3, -0.25) is 14.5 Å². The van der Waals surface area contributed by atoms with Crippen LogP contribution < -0.4 is 10.2 Å². The second kappa shape index (κ2) is 9.25. The number of carbonyl (C=O) groups is 2. The average Bonchev–Trinajstić information content (AvgIpc) is 2.70. The Hall–Kier alpha value is -2.27. The van der Waals surface area contributed by atoms with Gasteiger partial charge in [0.25, 0.3) is 0 Å². The van der Waals surface area contributed by atoms with Gasteiger partial charge in [-0.1, -0.05) is 63.6 Å². The molecule has 5 heteroatoms. The number of rotatable bonds is 6. The Bertz CT molecular complexity index is 916. The number of nitrogens with zero attached hydrogens (tertiary/aromatic N) is 1. The standard InChI is InChI=1S/C25H32N2O2S/c1-6-20(24(29)26-14-13-18-9-7-17(2)8-10-18)27-21-15-19(25(3,4)5)11-12-22(21)30-16-23(27)28/h7-12,15,20H,6,13-14,16H2,1-5H3,(H,26,29). The van der Waals surface area contributed by atoms with E-state index in [1.165, 1.54) is 11.1 Å². The highest BCUT2D eigenvalue weighted by Crippen LogP contribution is 2.39. The molecule has 0 aromatic heterocycles. The molecule has 1 aliphatic heterocycles. The molecule has 1 heterocycles. The molecule has 0 saturated heterocycles. The van der Waals surface area contributed by atoms with E-state index >= 15 is 0 Å². The van der Waals surface area contributed by atoms with E-state index in [4.69, 9.17) is 0 Å². The lowest BCUT2D eigenvalue weighted by atomic mass is 9.86. The summed E-state index contributed by atoms with van der Waals surface area (Å²) in [6.45, 7) is 11.1. The third-order valence-electron chi connectivity index (χ3n) is 5.54. The van der Waals surface area contributed by atoms with Crippen molar-refractivity contribution in [2.24, 2.45) is 0 Å². The van der Waals surface area contributed by atoms with Crippen molar-refractivity contribution in [1.82, 2.24) is 5.32 Å². The highest BCUT2D eigenvalue weighted by Gasteiger charge is 2.34. The Labute approximate surface area is 184 Å². The smallest absolute Gasteiger partial charge is 0.243 e. The molecule has 160 valence electrons. The van der Waals surface area contributed by atoms with Crippen LogP contribution in [0.5, 0.6) is 0 Å². The average molecular weight is 425 g/mol. The molecule has 0 radical (unpaired) electrons. The van der Waals surface area contributed by atoms with Gasteiger partial charge in [0.05, 0.1) is 11.4 Å². The van der Waals surface area contributed by atoms with Crippen molar-refractivity contribution in [1.29, 1.82) is 0 Å². The van der Waals surface area contributed by atoms with Crippen LogP contribution in [-0.2, 0) is 21.4 Å². The Balaban J connectivity index is 1.77. The SMILES string of the molecule is CCC(C(=O)NCCc1ccc(C)cc1)N1C(=O)CSc2ccc(C(C)(C)C)cc21. The quantitative estimate of drug-likeness (QED) is 0.720. The number of anilines is 1. The Kier molecular flexibility index (Phi) is 6.91. The zero-order valence-corrected chi connectivity index (χ0v) is 19.4. The summed E-state index contributed by atoms with van der Waals surface area (Å²) >= 11 is 1.55. The first-order valence-electron chi connectivity index (χ1n) is 10.6. The second-order valence-electron chi connectivity index (χ2n) is 8.94. The Morgan fingerprint density at radius 2 is 1.87 bits per heavy atom. The summed E-state index contributed by atoms with van der Waals surface area (Å²) in [4.78, 5) is 28.7. The molecule has 2 amide bonds. The van der Waals surface area contributed by atoms with Gasteiger partial charge in [-0.15, -0.1) is 11.8 Å². The minimum absolute atomic E-state index is 0.000839. The van der Waals surface area contributed by atoms with Crippen LogP contribution >= 0.6 is 11.8 Å². The van der Waals surface area contributed by atoms with Gasteiger partial charge < -0.3 is 5.32 Å². The predicted molar refractivity (Wildman–Crippen MR) is 125 cm³/mol. The van der Waals surface area contributed by atoms with Crippen molar-refractivity contribution in [2.45, 2.75) is 63.8 Å². The molecule has 1 atom stereocenters. The molecule has 4 nitrogen and oxygen atoms in total. The fourth-order valence-electron chi connectivity index (χ4n) is 3.67. The monoisotopic (exact) mass is 424 g/mol. The Morgan fingerprint density at radius 1 is 1.17 bits per heavy atom. The van der Waals surface area contributed by atoms with Crippen molar-refractivity contribution in [3.05, 3.63) is 59.2 Å². The van der Waals surface area contributed by atoms with Gasteiger partial charge in [-0.25, -0.2) is 0 Å². The van der Waals surface area contributed by atoms with E-state index in [-0.39, 0.29) is 17.2 Å². The second-order valence-corrected chi connectivity index (χ2v) is 9.95. The van der Waals surface area contributed by atoms with Crippen molar-refractivity contribution < 1.29 is 9.59 Å². The first-order valence-corrected chi connectivity index (χ1v) is 11.6. The number of amides is 2. The number of nitrogens with one attached hydrogen (secondary N) is 1. The molecule has 30 heavy (non-hydrogen) atoms. The van der Waals surface area contributed by atoms with E-state index in [0.717, 1.165) is 22.6 Å². The fraction of sp³-hybridized carbons (Fsp3) is 0.440. The van der Waals surface area contributed by atoms with Gasteiger partial charge in [0.2, 0.25) is 11.8 Å². The number of hydrogen-bond acceptors (Lipinski definition) is 3. The van der Waals surface area contributed by atoms with E-state index in [1.807, 2.05) is 6.92 Å². The minimum Gasteiger partial charge on any atom is -0.354 e. The van der Waals surface area contributed by atoms with E-state index < -0.39 is 6.04 Å². The lowest BCUT2D eigenvalue weighted by Crippen LogP contribution is -2.51. The Morgan fingerprint density at radius 3 is 2.50 bits per heavy atom. The molecule has 0 spiro atoms. The van der Waals surface area contributed by atoms with Crippen LogP contribution in [0.2, 0.25) is 0 Å². The summed E-state index contributed by atoms with van der Waals surface area (Å²) in [5.41, 5.74) is 4.42. The largest absolute Gasteiger partial charge is 0.354 e. The van der Waals surface area contributed by atoms with Crippen LogP contribution in [-0.4, -0.2) is 30.2 Å². The van der Waals surface area contributed by atoms with Crippen molar-refractivity contribution in [2.75, 3.05) is 17.2 Å². The molecule has 1 N–H and O–H groups in total. The summed E-state index contributed by atoms with van der Waals surface area (Å²) in [5, 5.41) is 3.05. The topological polar surface area (TPSA) is 49.4 Å². The van der Waals surface area contributed by atoms with Crippen molar-refractivity contribution in [3.63, 3.8) is 0 Å². The molecular weight excluding hydrogens is 392 g/mol. The van der Waals surface area contributed by atoms with Crippen molar-refractivity contribution >= 4 is 29.3 Å². The van der Waals surface area contributed by atoms with Crippen LogP contribution in [0.25, 0.3) is 0 Å². The fourth-order valence-corrected chi connectivity index (χ4v) is 4.55. The third kappa shape index (κ3) is 5.07. The number of carbonyl (C=O) groups excluding carboxylic acids is 2. The van der Waals surface area contributed by atoms with Gasteiger partial charge >= 0.3 is 0 Å². The lowest BCUT2D eigenvalue weighted by molar-refractivity contribution is -0.125. The summed E-state index contributed by atoms with van der Waals surface area (Å²) in [5.74, 6) is 0.283. The van der Waals surface area contributed by atoms with Gasteiger partial charge in [0.15, 0.2) is 0 Å². The molecular formula is C25H32N2O2S. The predicted octanol–water partition coefficient (Wildman–Crippen LogP) is 4.87. The molecule has 0 saturated carbocycles. The maximum Gasteiger partial charge on any atom is 0.243 e. The van der Waals surface area contributed by atoms with Gasteiger partial charge in [-0.05, 0) is 48.4 Å². The normalized spacial score (nSPS) is 15.0. The van der Waals surface area contributed by atoms with Gasteiger partial charge in [0.1, 0.15) is 6.04 Å². The molecule has 0 bridgehead atoms. The molecule has 0 aliphatic carbocycles. The van der Waals surface area contributed by atoms with Crippen LogP contribution in [0.3, 0.4) is 0 Å².